The molecule has 1 aromatic rings. The maximum Gasteiger partial charge on any atom is 1.00 e. The van der Waals surface area contributed by atoms with Gasteiger partial charge in [0.15, 0.2) is 0 Å². The van der Waals surface area contributed by atoms with Gasteiger partial charge in [-0.1, -0.05) is 20.8 Å². The third-order valence-electron chi connectivity index (χ3n) is 1.45. The largest absolute Gasteiger partial charge is 1.00 e. The molecule has 1 aromatic heterocycles. The molecular formula is C8H10KNO3. The van der Waals surface area contributed by atoms with Gasteiger partial charge in [-0.15, -0.1) is 0 Å². The zero-order valence-corrected chi connectivity index (χ0v) is 11.4. The van der Waals surface area contributed by atoms with Gasteiger partial charge in [-0.25, -0.2) is 4.98 Å². The summed E-state index contributed by atoms with van der Waals surface area (Å²) in [5, 5.41) is 10.3. The van der Waals surface area contributed by atoms with Crippen LogP contribution in [0.4, 0.5) is 0 Å². The van der Waals surface area contributed by atoms with Gasteiger partial charge >= 0.3 is 51.4 Å². The van der Waals surface area contributed by atoms with E-state index in [-0.39, 0.29) is 62.7 Å². The Labute approximate surface area is 119 Å². The molecule has 0 aromatic carbocycles. The van der Waals surface area contributed by atoms with E-state index in [9.17, 15) is 9.90 Å². The summed E-state index contributed by atoms with van der Waals surface area (Å²) in [4.78, 5) is 14.0. The Morgan fingerprint density at radius 3 is 2.31 bits per heavy atom. The number of hydrogen-bond acceptors (Lipinski definition) is 4. The van der Waals surface area contributed by atoms with Gasteiger partial charge < -0.3 is 14.3 Å². The molecule has 0 saturated carbocycles. The van der Waals surface area contributed by atoms with Crippen LogP contribution in [-0.2, 0) is 5.41 Å². The van der Waals surface area contributed by atoms with Gasteiger partial charge in [0, 0.05) is 5.41 Å². The molecule has 0 fully saturated rings. The Kier molecular flexibility index (Phi) is 4.82. The molecule has 13 heavy (non-hydrogen) atoms. The molecule has 1 heterocycles. The van der Waals surface area contributed by atoms with E-state index in [1.54, 1.807) is 0 Å². The normalized spacial score (nSPS) is 10.7. The van der Waals surface area contributed by atoms with Gasteiger partial charge in [-0.3, -0.25) is 0 Å². The molecule has 5 heteroatoms. The molecule has 0 N–H and O–H groups in total. The van der Waals surface area contributed by atoms with Gasteiger partial charge in [-0.05, 0) is 0 Å². The summed E-state index contributed by atoms with van der Waals surface area (Å²) < 4.78 is 4.68. The van der Waals surface area contributed by atoms with Gasteiger partial charge in [0.25, 0.3) is 0 Å². The van der Waals surface area contributed by atoms with Crippen molar-refractivity contribution in [2.24, 2.45) is 0 Å². The molecule has 0 amide bonds. The second kappa shape index (κ2) is 4.70. The van der Waals surface area contributed by atoms with E-state index in [0.29, 0.717) is 5.69 Å². The van der Waals surface area contributed by atoms with Crippen molar-refractivity contribution < 1.29 is 65.7 Å². The van der Waals surface area contributed by atoms with E-state index in [4.69, 9.17) is 0 Å². The Hall–Kier alpha value is 0.316. The Bertz CT molecular complexity index is 301. The van der Waals surface area contributed by atoms with E-state index < -0.39 is 5.97 Å². The van der Waals surface area contributed by atoms with Crippen molar-refractivity contribution in [2.75, 3.05) is 0 Å². The molecular weight excluding hydrogens is 197 g/mol. The third-order valence-corrected chi connectivity index (χ3v) is 1.45. The number of carboxylic acid groups (broad SMARTS) is 1. The van der Waals surface area contributed by atoms with Gasteiger partial charge in [0.2, 0.25) is 5.89 Å². The summed E-state index contributed by atoms with van der Waals surface area (Å²) in [6, 6.07) is 0. The minimum atomic E-state index is -1.38. The van der Waals surface area contributed by atoms with Crippen LogP contribution in [0.5, 0.6) is 0 Å². The fraction of sp³-hybridized carbons (Fsp3) is 0.500. The molecule has 4 nitrogen and oxygen atoms in total. The van der Waals surface area contributed by atoms with Crippen molar-refractivity contribution in [2.45, 2.75) is 26.2 Å². The number of carbonyl (C=O) groups is 1. The van der Waals surface area contributed by atoms with Crippen LogP contribution >= 0.6 is 0 Å². The molecule has 0 atom stereocenters. The van der Waals surface area contributed by atoms with E-state index in [0.717, 1.165) is 0 Å². The molecule has 0 aliphatic heterocycles. The van der Waals surface area contributed by atoms with Gasteiger partial charge in [0.1, 0.15) is 12.2 Å². The zero-order chi connectivity index (χ0) is 9.35. The van der Waals surface area contributed by atoms with E-state index in [1.807, 2.05) is 20.8 Å². The number of aromatic nitrogens is 1. The molecule has 0 saturated heterocycles. The minimum Gasteiger partial charge on any atom is -0.540 e. The summed E-state index contributed by atoms with van der Waals surface area (Å²) in [6.07, 6.45) is 1.34. The Morgan fingerprint density at radius 1 is 1.54 bits per heavy atom. The molecule has 66 valence electrons. The maximum atomic E-state index is 10.3. The van der Waals surface area contributed by atoms with Crippen LogP contribution in [0.3, 0.4) is 0 Å². The van der Waals surface area contributed by atoms with E-state index in [2.05, 4.69) is 9.40 Å². The summed E-state index contributed by atoms with van der Waals surface area (Å²) in [7, 11) is 0. The minimum absolute atomic E-state index is 0. The number of carbonyl (C=O) groups excluding carboxylic acids is 1. The van der Waals surface area contributed by atoms with Crippen LogP contribution in [-0.4, -0.2) is 11.0 Å². The molecule has 0 aliphatic carbocycles. The SMILES string of the molecule is CC(C)(C)c1coc(C(=O)[O-])n1.[K+]. The van der Waals surface area contributed by atoms with E-state index >= 15 is 0 Å². The third kappa shape index (κ3) is 3.51. The number of hydrogen-bond donors (Lipinski definition) is 0. The molecule has 0 unspecified atom stereocenters. The van der Waals surface area contributed by atoms with Crippen molar-refractivity contribution in [1.82, 2.24) is 4.98 Å². The number of rotatable bonds is 1. The monoisotopic (exact) mass is 207 g/mol. The van der Waals surface area contributed by atoms with Crippen molar-refractivity contribution in [3.05, 3.63) is 17.8 Å². The number of aromatic carboxylic acids is 1. The first-order valence-electron chi connectivity index (χ1n) is 3.58. The van der Waals surface area contributed by atoms with Crippen LogP contribution in [0.1, 0.15) is 37.2 Å². The molecule has 1 rings (SSSR count). The first kappa shape index (κ1) is 13.3. The van der Waals surface area contributed by atoms with Crippen molar-refractivity contribution >= 4 is 5.97 Å². The van der Waals surface area contributed by atoms with Gasteiger partial charge in [0.05, 0.1) is 5.69 Å². The number of carboxylic acids is 1. The first-order chi connectivity index (χ1) is 5.41. The predicted molar refractivity (Wildman–Crippen MR) is 39.5 cm³/mol. The van der Waals surface area contributed by atoms with E-state index in [1.165, 1.54) is 6.26 Å². The first-order valence-corrected chi connectivity index (χ1v) is 3.58. The molecule has 0 spiro atoms. The maximum absolute atomic E-state index is 10.3. The zero-order valence-electron chi connectivity index (χ0n) is 8.25. The van der Waals surface area contributed by atoms with Crippen LogP contribution in [0.2, 0.25) is 0 Å². The van der Waals surface area contributed by atoms with Crippen molar-refractivity contribution in [3.8, 4) is 0 Å². The smallest absolute Gasteiger partial charge is 0.540 e. The molecule has 0 aliphatic rings. The Balaban J connectivity index is 0.00000144. The van der Waals surface area contributed by atoms with Crippen LogP contribution in [0, 0.1) is 0 Å². The number of oxazole rings is 1. The topological polar surface area (TPSA) is 66.2 Å². The van der Waals surface area contributed by atoms with Crippen molar-refractivity contribution in [1.29, 1.82) is 0 Å². The van der Waals surface area contributed by atoms with Crippen molar-refractivity contribution in [3.63, 3.8) is 0 Å². The summed E-state index contributed by atoms with van der Waals surface area (Å²) in [5.74, 6) is -1.74. The average molecular weight is 207 g/mol. The second-order valence-electron chi connectivity index (χ2n) is 3.58. The second-order valence-corrected chi connectivity index (χ2v) is 3.58. The standard InChI is InChI=1S/C8H11NO3.K/c1-8(2,3)5-4-12-6(9-5)7(10)11;/h4H,1-3H3,(H,10,11);/q;+1/p-1. The average Bonchev–Trinajstić information content (AvgIpc) is 2.30. The fourth-order valence-corrected chi connectivity index (χ4v) is 0.712. The summed E-state index contributed by atoms with van der Waals surface area (Å²) in [6.45, 7) is 5.76. The molecule has 0 bridgehead atoms. The Morgan fingerprint density at radius 2 is 2.08 bits per heavy atom. The van der Waals surface area contributed by atoms with Gasteiger partial charge in [-0.2, -0.15) is 0 Å². The quantitative estimate of drug-likeness (QED) is 0.471. The van der Waals surface area contributed by atoms with Crippen LogP contribution in [0.15, 0.2) is 10.7 Å². The number of nitrogens with zero attached hydrogens (tertiary/aromatic N) is 1. The fourth-order valence-electron chi connectivity index (χ4n) is 0.712. The molecule has 0 radical (unpaired) electrons. The summed E-state index contributed by atoms with van der Waals surface area (Å²) >= 11 is 0. The predicted octanol–water partition coefficient (Wildman–Crippen LogP) is -2.66. The van der Waals surface area contributed by atoms with Crippen LogP contribution < -0.4 is 56.5 Å². The summed E-state index contributed by atoms with van der Waals surface area (Å²) in [5.41, 5.74) is 0.415. The van der Waals surface area contributed by atoms with Crippen LogP contribution in [0.25, 0.3) is 0 Å².